The molecule has 1 amide bonds. The molecule has 1 aromatic carbocycles. The lowest BCUT2D eigenvalue weighted by Crippen LogP contribution is -2.54. The van der Waals surface area contributed by atoms with Crippen molar-refractivity contribution in [1.29, 1.82) is 0 Å². The molecule has 0 aliphatic carbocycles. The van der Waals surface area contributed by atoms with Crippen LogP contribution in [-0.4, -0.2) is 51.4 Å². The Hall–Kier alpha value is -2.14. The first-order valence-electron chi connectivity index (χ1n) is 10.2. The molecule has 0 radical (unpaired) electrons. The molecule has 144 valence electrons. The third-order valence-corrected chi connectivity index (χ3v) is 6.29. The minimum Gasteiger partial charge on any atom is -0.338 e. The topological polar surface area (TPSA) is 41.4 Å². The summed E-state index contributed by atoms with van der Waals surface area (Å²) in [6.45, 7) is 8.05. The van der Waals surface area contributed by atoms with E-state index in [4.69, 9.17) is 0 Å². The molecule has 2 aliphatic rings. The van der Waals surface area contributed by atoms with E-state index in [1.54, 1.807) is 0 Å². The average molecular weight is 367 g/mol. The van der Waals surface area contributed by atoms with Gasteiger partial charge in [-0.2, -0.15) is 0 Å². The van der Waals surface area contributed by atoms with E-state index in [0.717, 1.165) is 45.0 Å². The van der Waals surface area contributed by atoms with Crippen LogP contribution in [0, 0.1) is 12.3 Å². The zero-order valence-electron chi connectivity index (χ0n) is 16.3. The van der Waals surface area contributed by atoms with E-state index in [-0.39, 0.29) is 5.41 Å². The molecule has 5 heteroatoms. The highest BCUT2D eigenvalue weighted by Crippen LogP contribution is 2.39. The number of aryl methyl sites for hydroxylation is 1. The maximum atomic E-state index is 12.5. The van der Waals surface area contributed by atoms with Crippen LogP contribution in [0.25, 0.3) is 0 Å². The molecule has 2 fully saturated rings. The molecule has 1 aromatic heterocycles. The largest absolute Gasteiger partial charge is 0.338 e. The van der Waals surface area contributed by atoms with Crippen LogP contribution in [0.4, 0.5) is 0 Å². The predicted molar refractivity (Wildman–Crippen MR) is 106 cm³/mol. The second-order valence-electron chi connectivity index (χ2n) is 8.28. The lowest BCUT2D eigenvalue weighted by atomic mass is 9.73. The fourth-order valence-corrected chi connectivity index (χ4v) is 4.77. The van der Waals surface area contributed by atoms with Gasteiger partial charge in [0.05, 0.1) is 0 Å². The number of hydrogen-bond donors (Lipinski definition) is 0. The molecule has 0 unspecified atom stereocenters. The second kappa shape index (κ2) is 7.85. The van der Waals surface area contributed by atoms with Gasteiger partial charge in [-0.1, -0.05) is 30.3 Å². The number of nitrogens with zero attached hydrogens (tertiary/aromatic N) is 4. The Bertz CT molecular complexity index is 772. The van der Waals surface area contributed by atoms with Gasteiger partial charge in [-0.05, 0) is 38.3 Å². The predicted octanol–water partition coefficient (Wildman–Crippen LogP) is 3.10. The number of carbonyl (C=O) groups excluding carboxylic acids is 1. The number of carbonyl (C=O) groups is 1. The van der Waals surface area contributed by atoms with E-state index in [1.807, 2.05) is 12.3 Å². The minimum absolute atomic E-state index is 0.269. The summed E-state index contributed by atoms with van der Waals surface area (Å²) in [4.78, 5) is 21.5. The van der Waals surface area contributed by atoms with Crippen LogP contribution in [0.5, 0.6) is 0 Å². The summed E-state index contributed by atoms with van der Waals surface area (Å²) in [6.07, 6.45) is 8.15. The van der Waals surface area contributed by atoms with Crippen molar-refractivity contribution in [3.8, 4) is 0 Å². The van der Waals surface area contributed by atoms with Crippen LogP contribution in [0.2, 0.25) is 0 Å². The molecule has 1 spiro atoms. The van der Waals surface area contributed by atoms with Crippen molar-refractivity contribution in [3.05, 3.63) is 54.1 Å². The van der Waals surface area contributed by atoms with Crippen LogP contribution in [0.3, 0.4) is 0 Å². The number of amides is 1. The monoisotopic (exact) mass is 366 g/mol. The van der Waals surface area contributed by atoms with Crippen molar-refractivity contribution in [1.82, 2.24) is 19.4 Å². The third-order valence-electron chi connectivity index (χ3n) is 6.29. The van der Waals surface area contributed by atoms with Crippen molar-refractivity contribution in [2.75, 3.05) is 26.2 Å². The first-order valence-corrected chi connectivity index (χ1v) is 10.2. The molecule has 0 saturated carbocycles. The number of benzene rings is 1. The van der Waals surface area contributed by atoms with Crippen LogP contribution in [-0.2, 0) is 17.9 Å². The Balaban J connectivity index is 1.39. The summed E-state index contributed by atoms with van der Waals surface area (Å²) in [5, 5.41) is 0. The van der Waals surface area contributed by atoms with Gasteiger partial charge in [-0.3, -0.25) is 4.79 Å². The standard InChI is InChI=1S/C22H30N4O/c1-19-23-11-13-25(19)15-14-24-12-5-9-22(17-24)10-8-21(27)26(18-22)16-20-6-3-2-4-7-20/h2-4,6-7,11,13H,5,8-10,12,14-18H2,1H3/t22-/m0/s1. The van der Waals surface area contributed by atoms with Gasteiger partial charge in [0.1, 0.15) is 5.82 Å². The van der Waals surface area contributed by atoms with E-state index < -0.39 is 0 Å². The molecule has 4 rings (SSSR count). The van der Waals surface area contributed by atoms with Crippen LogP contribution >= 0.6 is 0 Å². The lowest BCUT2D eigenvalue weighted by Gasteiger charge is -2.48. The van der Waals surface area contributed by atoms with Gasteiger partial charge in [0.25, 0.3) is 0 Å². The van der Waals surface area contributed by atoms with Crippen molar-refractivity contribution in [3.63, 3.8) is 0 Å². The number of likely N-dealkylation sites (tertiary alicyclic amines) is 2. The zero-order chi connectivity index (χ0) is 18.7. The smallest absolute Gasteiger partial charge is 0.222 e. The van der Waals surface area contributed by atoms with Gasteiger partial charge in [0, 0.05) is 57.0 Å². The Morgan fingerprint density at radius 2 is 1.96 bits per heavy atom. The van der Waals surface area contributed by atoms with Crippen molar-refractivity contribution in [2.45, 2.75) is 45.7 Å². The van der Waals surface area contributed by atoms with E-state index in [1.165, 1.54) is 24.9 Å². The Kier molecular flexibility index (Phi) is 5.30. The normalized spacial score (nSPS) is 23.9. The molecule has 2 aliphatic heterocycles. The molecular weight excluding hydrogens is 336 g/mol. The first-order chi connectivity index (χ1) is 13.1. The molecular formula is C22H30N4O. The molecule has 0 bridgehead atoms. The van der Waals surface area contributed by atoms with Gasteiger partial charge in [-0.25, -0.2) is 4.98 Å². The van der Waals surface area contributed by atoms with Crippen LogP contribution in [0.1, 0.15) is 37.1 Å². The Morgan fingerprint density at radius 3 is 2.74 bits per heavy atom. The lowest BCUT2D eigenvalue weighted by molar-refractivity contribution is -0.140. The van der Waals surface area contributed by atoms with Crippen molar-refractivity contribution >= 4 is 5.91 Å². The quantitative estimate of drug-likeness (QED) is 0.816. The maximum Gasteiger partial charge on any atom is 0.222 e. The van der Waals surface area contributed by atoms with Gasteiger partial charge in [0.2, 0.25) is 5.91 Å². The fourth-order valence-electron chi connectivity index (χ4n) is 4.77. The van der Waals surface area contributed by atoms with E-state index in [9.17, 15) is 4.79 Å². The Morgan fingerprint density at radius 1 is 1.11 bits per heavy atom. The van der Waals surface area contributed by atoms with Gasteiger partial charge in [-0.15, -0.1) is 0 Å². The average Bonchev–Trinajstić information content (AvgIpc) is 3.09. The molecule has 1 atom stereocenters. The van der Waals surface area contributed by atoms with Crippen LogP contribution < -0.4 is 0 Å². The first kappa shape index (κ1) is 18.2. The maximum absolute atomic E-state index is 12.5. The molecule has 0 N–H and O–H groups in total. The highest BCUT2D eigenvalue weighted by molar-refractivity contribution is 5.77. The number of aromatic nitrogens is 2. The van der Waals surface area contributed by atoms with Crippen molar-refractivity contribution < 1.29 is 4.79 Å². The molecule has 2 aromatic rings. The van der Waals surface area contributed by atoms with Gasteiger partial charge >= 0.3 is 0 Å². The number of piperidine rings is 2. The Labute approximate surface area is 162 Å². The second-order valence-corrected chi connectivity index (χ2v) is 8.28. The zero-order valence-corrected chi connectivity index (χ0v) is 16.3. The van der Waals surface area contributed by atoms with Gasteiger partial charge in [0.15, 0.2) is 0 Å². The molecule has 5 nitrogen and oxygen atoms in total. The molecule has 2 saturated heterocycles. The summed E-state index contributed by atoms with van der Waals surface area (Å²) in [7, 11) is 0. The summed E-state index contributed by atoms with van der Waals surface area (Å²) in [5.41, 5.74) is 1.50. The number of hydrogen-bond acceptors (Lipinski definition) is 3. The SMILES string of the molecule is Cc1nccn1CCN1CCC[C@]2(CCC(=O)N(Cc3ccccc3)C2)C1. The van der Waals surface area contributed by atoms with Crippen LogP contribution in [0.15, 0.2) is 42.7 Å². The highest BCUT2D eigenvalue weighted by atomic mass is 16.2. The van der Waals surface area contributed by atoms with Gasteiger partial charge < -0.3 is 14.4 Å². The fraction of sp³-hybridized carbons (Fsp3) is 0.545. The minimum atomic E-state index is 0.269. The summed E-state index contributed by atoms with van der Waals surface area (Å²) in [6, 6.07) is 10.4. The van der Waals surface area contributed by atoms with E-state index in [0.29, 0.717) is 12.3 Å². The van der Waals surface area contributed by atoms with E-state index in [2.05, 4.69) is 56.7 Å². The molecule has 3 heterocycles. The third kappa shape index (κ3) is 4.24. The summed E-state index contributed by atoms with van der Waals surface area (Å²) in [5.74, 6) is 1.40. The van der Waals surface area contributed by atoms with E-state index >= 15 is 0 Å². The molecule has 27 heavy (non-hydrogen) atoms. The highest BCUT2D eigenvalue weighted by Gasteiger charge is 2.41. The summed E-state index contributed by atoms with van der Waals surface area (Å²) >= 11 is 0. The summed E-state index contributed by atoms with van der Waals surface area (Å²) < 4.78 is 2.23. The van der Waals surface area contributed by atoms with Crippen molar-refractivity contribution in [2.24, 2.45) is 5.41 Å². The number of rotatable bonds is 5. The number of imidazole rings is 1.